The number of para-hydroxylation sites is 2. The summed E-state index contributed by atoms with van der Waals surface area (Å²) < 4.78 is 5.89. The summed E-state index contributed by atoms with van der Waals surface area (Å²) in [6.07, 6.45) is 7.56. The third-order valence-corrected chi connectivity index (χ3v) is 7.10. The van der Waals surface area contributed by atoms with E-state index in [0.717, 1.165) is 49.9 Å². The van der Waals surface area contributed by atoms with E-state index in [-0.39, 0.29) is 11.8 Å². The molecule has 1 aromatic carbocycles. The number of carbonyl (C=O) groups excluding carboxylic acids is 1. The molecule has 3 N–H and O–H groups in total. The minimum absolute atomic E-state index is 0.0944. The van der Waals surface area contributed by atoms with Gasteiger partial charge < -0.3 is 20.4 Å². The number of nitrogens with two attached hydrogens (primary N) is 1. The Kier molecular flexibility index (Phi) is 4.75. The highest BCUT2D eigenvalue weighted by Gasteiger charge is 2.41. The highest BCUT2D eigenvalue weighted by atomic mass is 16.4. The van der Waals surface area contributed by atoms with Crippen molar-refractivity contribution in [2.75, 3.05) is 18.0 Å². The minimum Gasteiger partial charge on any atom is -0.423 e. The lowest BCUT2D eigenvalue weighted by Crippen LogP contribution is -2.55. The second-order valence-corrected chi connectivity index (χ2v) is 8.94. The first kappa shape index (κ1) is 18.0. The number of piperidine rings is 1. The first-order valence-corrected chi connectivity index (χ1v) is 10.8. The van der Waals surface area contributed by atoms with E-state index in [1.54, 1.807) is 0 Å². The van der Waals surface area contributed by atoms with Gasteiger partial charge in [-0.3, -0.25) is 4.79 Å². The van der Waals surface area contributed by atoms with Gasteiger partial charge in [0.1, 0.15) is 5.52 Å². The van der Waals surface area contributed by atoms with Crippen LogP contribution in [0.15, 0.2) is 28.7 Å². The largest absolute Gasteiger partial charge is 0.423 e. The molecular formula is C22H30N4O2. The van der Waals surface area contributed by atoms with Gasteiger partial charge in [0.15, 0.2) is 5.58 Å². The second-order valence-electron chi connectivity index (χ2n) is 8.94. The first-order chi connectivity index (χ1) is 13.7. The highest BCUT2D eigenvalue weighted by Crippen LogP contribution is 2.40. The standard InChI is InChI=1S/C22H30N4O2/c23-17-12-15-4-3-5-16(13-17)20(15)25-21(27)14-8-10-26(11-9-14)22-24-18-6-1-2-7-19(18)28-22/h1-2,6-7,14-17,20H,3-5,8-13,23H2,(H,25,27). The number of rotatable bonds is 3. The van der Waals surface area contributed by atoms with Gasteiger partial charge >= 0.3 is 0 Å². The summed E-state index contributed by atoms with van der Waals surface area (Å²) in [6.45, 7) is 1.63. The maximum Gasteiger partial charge on any atom is 0.298 e. The molecule has 1 saturated heterocycles. The van der Waals surface area contributed by atoms with Crippen molar-refractivity contribution < 1.29 is 9.21 Å². The fourth-order valence-corrected chi connectivity index (χ4v) is 5.64. The van der Waals surface area contributed by atoms with Crippen molar-refractivity contribution in [3.05, 3.63) is 24.3 Å². The molecule has 1 amide bonds. The number of nitrogens with zero attached hydrogens (tertiary/aromatic N) is 2. The molecule has 2 aliphatic carbocycles. The number of fused-ring (bicyclic) bond motifs is 3. The summed E-state index contributed by atoms with van der Waals surface area (Å²) in [5, 5.41) is 3.44. The lowest BCUT2D eigenvalue weighted by molar-refractivity contribution is -0.128. The molecule has 5 rings (SSSR count). The van der Waals surface area contributed by atoms with Crippen molar-refractivity contribution in [1.29, 1.82) is 0 Å². The summed E-state index contributed by atoms with van der Waals surface area (Å²) in [7, 11) is 0. The highest BCUT2D eigenvalue weighted by molar-refractivity contribution is 5.79. The quantitative estimate of drug-likeness (QED) is 0.852. The van der Waals surface area contributed by atoms with Crippen LogP contribution < -0.4 is 16.0 Å². The predicted molar refractivity (Wildman–Crippen MR) is 109 cm³/mol. The van der Waals surface area contributed by atoms with E-state index in [4.69, 9.17) is 10.2 Å². The predicted octanol–water partition coefficient (Wildman–Crippen LogP) is 3.07. The maximum atomic E-state index is 13.0. The van der Waals surface area contributed by atoms with Crippen molar-refractivity contribution in [1.82, 2.24) is 10.3 Å². The van der Waals surface area contributed by atoms with Crippen LogP contribution >= 0.6 is 0 Å². The lowest BCUT2D eigenvalue weighted by Gasteiger charge is -2.45. The first-order valence-electron chi connectivity index (χ1n) is 10.8. The number of hydrogen-bond acceptors (Lipinski definition) is 5. The number of oxazole rings is 1. The Labute approximate surface area is 165 Å². The van der Waals surface area contributed by atoms with Crippen molar-refractivity contribution in [3.63, 3.8) is 0 Å². The van der Waals surface area contributed by atoms with Crippen LogP contribution in [0.1, 0.15) is 44.9 Å². The van der Waals surface area contributed by atoms with Gasteiger partial charge in [-0.1, -0.05) is 18.6 Å². The van der Waals surface area contributed by atoms with Crippen LogP contribution in [0.4, 0.5) is 6.01 Å². The minimum atomic E-state index is 0.0944. The second kappa shape index (κ2) is 7.39. The van der Waals surface area contributed by atoms with Crippen LogP contribution in [0, 0.1) is 17.8 Å². The van der Waals surface area contributed by atoms with Gasteiger partial charge in [0, 0.05) is 31.1 Å². The molecule has 6 nitrogen and oxygen atoms in total. The number of benzene rings is 1. The van der Waals surface area contributed by atoms with E-state index in [2.05, 4.69) is 15.2 Å². The molecule has 2 unspecified atom stereocenters. The molecule has 3 aliphatic rings. The van der Waals surface area contributed by atoms with E-state index >= 15 is 0 Å². The zero-order chi connectivity index (χ0) is 19.1. The van der Waals surface area contributed by atoms with E-state index in [9.17, 15) is 4.79 Å². The zero-order valence-electron chi connectivity index (χ0n) is 16.3. The Balaban J connectivity index is 1.19. The SMILES string of the molecule is NC1CC2CCCC(C1)C2NC(=O)C1CCN(c2nc3ccccc3o2)CC1. The van der Waals surface area contributed by atoms with Crippen LogP contribution in [0.5, 0.6) is 0 Å². The van der Waals surface area contributed by atoms with Crippen LogP contribution in [0.3, 0.4) is 0 Å². The van der Waals surface area contributed by atoms with E-state index in [0.29, 0.717) is 29.9 Å². The third-order valence-electron chi connectivity index (χ3n) is 7.10. The number of amides is 1. The number of aromatic nitrogens is 1. The summed E-state index contributed by atoms with van der Waals surface area (Å²) in [5.74, 6) is 1.49. The maximum absolute atomic E-state index is 13.0. The fraction of sp³-hybridized carbons (Fsp3) is 0.636. The molecule has 150 valence electrons. The van der Waals surface area contributed by atoms with E-state index < -0.39 is 0 Å². The van der Waals surface area contributed by atoms with Gasteiger partial charge in [-0.15, -0.1) is 0 Å². The van der Waals surface area contributed by atoms with Gasteiger partial charge in [0.2, 0.25) is 5.91 Å². The lowest BCUT2D eigenvalue weighted by atomic mass is 9.67. The smallest absolute Gasteiger partial charge is 0.298 e. The van der Waals surface area contributed by atoms with Gasteiger partial charge in [0.25, 0.3) is 6.01 Å². The topological polar surface area (TPSA) is 84.4 Å². The molecule has 2 aromatic rings. The summed E-state index contributed by atoms with van der Waals surface area (Å²) in [5.41, 5.74) is 7.93. The number of carbonyl (C=O) groups is 1. The van der Waals surface area contributed by atoms with Gasteiger partial charge in [-0.2, -0.15) is 4.98 Å². The molecular weight excluding hydrogens is 352 g/mol. The monoisotopic (exact) mass is 382 g/mol. The molecule has 0 spiro atoms. The van der Waals surface area contributed by atoms with Gasteiger partial charge in [-0.05, 0) is 62.5 Å². The average Bonchev–Trinajstić information content (AvgIpc) is 3.13. The number of hydrogen-bond donors (Lipinski definition) is 2. The average molecular weight is 383 g/mol. The summed E-state index contributed by atoms with van der Waals surface area (Å²) in [6, 6.07) is 9.18. The van der Waals surface area contributed by atoms with Crippen LogP contribution in [0.2, 0.25) is 0 Å². The molecule has 28 heavy (non-hydrogen) atoms. The summed E-state index contributed by atoms with van der Waals surface area (Å²) >= 11 is 0. The Hall–Kier alpha value is -2.08. The fourth-order valence-electron chi connectivity index (χ4n) is 5.64. The molecule has 2 saturated carbocycles. The van der Waals surface area contributed by atoms with Crippen LogP contribution in [-0.2, 0) is 4.79 Å². The van der Waals surface area contributed by atoms with Gasteiger partial charge in [-0.25, -0.2) is 0 Å². The molecule has 2 atom stereocenters. The normalized spacial score (nSPS) is 31.1. The van der Waals surface area contributed by atoms with Crippen molar-refractivity contribution in [3.8, 4) is 0 Å². The molecule has 6 heteroatoms. The summed E-state index contributed by atoms with van der Waals surface area (Å²) in [4.78, 5) is 19.7. The molecule has 3 fully saturated rings. The van der Waals surface area contributed by atoms with Crippen molar-refractivity contribution >= 4 is 23.0 Å². The Morgan fingerprint density at radius 1 is 1.11 bits per heavy atom. The molecule has 1 aliphatic heterocycles. The Morgan fingerprint density at radius 2 is 1.82 bits per heavy atom. The van der Waals surface area contributed by atoms with Crippen LogP contribution in [-0.4, -0.2) is 36.1 Å². The van der Waals surface area contributed by atoms with E-state index in [1.165, 1.54) is 19.3 Å². The van der Waals surface area contributed by atoms with Crippen molar-refractivity contribution in [2.45, 2.75) is 57.0 Å². The van der Waals surface area contributed by atoms with Crippen LogP contribution in [0.25, 0.3) is 11.1 Å². The van der Waals surface area contributed by atoms with Gasteiger partial charge in [0.05, 0.1) is 0 Å². The van der Waals surface area contributed by atoms with E-state index in [1.807, 2.05) is 24.3 Å². The van der Waals surface area contributed by atoms with Crippen molar-refractivity contribution in [2.24, 2.45) is 23.5 Å². The number of nitrogens with one attached hydrogen (secondary N) is 1. The Morgan fingerprint density at radius 3 is 2.54 bits per heavy atom. The zero-order valence-corrected chi connectivity index (χ0v) is 16.3. The molecule has 0 radical (unpaired) electrons. The molecule has 2 heterocycles. The number of anilines is 1. The molecule has 1 aromatic heterocycles. The Bertz CT molecular complexity index is 795. The third kappa shape index (κ3) is 3.39. The molecule has 2 bridgehead atoms.